The number of nitrogens with one attached hydrogen (secondary N) is 3. The molecule has 15 heteroatoms. The van der Waals surface area contributed by atoms with Crippen molar-refractivity contribution in [3.05, 3.63) is 113 Å². The van der Waals surface area contributed by atoms with Gasteiger partial charge in [-0.15, -0.1) is 0 Å². The zero-order chi connectivity index (χ0) is 42.7. The third kappa shape index (κ3) is 10.9. The van der Waals surface area contributed by atoms with Crippen molar-refractivity contribution in [2.45, 2.75) is 64.1 Å². The Morgan fingerprint density at radius 1 is 0.950 bits per heavy atom. The summed E-state index contributed by atoms with van der Waals surface area (Å²) in [5, 5.41) is 7.40. The van der Waals surface area contributed by atoms with Crippen molar-refractivity contribution in [1.29, 1.82) is 0 Å². The SMILES string of the molecule is CC(C)(C)OC(=O)NC1(C(=O)NCc2ccc(Cl)cc2)CCN(c2ncnc3[nH]ccc23)CC1.CCN(CCOCCN)C(=O)OCC1c2ccccc2-c2ccccc21. The minimum Gasteiger partial charge on any atom is -0.448 e. The van der Waals surface area contributed by atoms with E-state index in [9.17, 15) is 14.4 Å². The van der Waals surface area contributed by atoms with Gasteiger partial charge in [0.2, 0.25) is 5.91 Å². The lowest BCUT2D eigenvalue weighted by molar-refractivity contribution is -0.128. The predicted molar refractivity (Wildman–Crippen MR) is 233 cm³/mol. The molecule has 0 bridgehead atoms. The topological polar surface area (TPSA) is 177 Å². The van der Waals surface area contributed by atoms with Gasteiger partial charge in [-0.05, 0) is 86.6 Å². The van der Waals surface area contributed by atoms with Crippen LogP contribution in [-0.2, 0) is 25.5 Å². The number of carbonyl (C=O) groups is 3. The lowest BCUT2D eigenvalue weighted by Gasteiger charge is -2.41. The van der Waals surface area contributed by atoms with Gasteiger partial charge in [-0.1, -0.05) is 72.3 Å². The van der Waals surface area contributed by atoms with Crippen LogP contribution in [0, 0.1) is 0 Å². The van der Waals surface area contributed by atoms with E-state index in [0.717, 1.165) is 22.4 Å². The molecule has 5 aromatic rings. The molecule has 1 saturated heterocycles. The molecule has 5 N–H and O–H groups in total. The summed E-state index contributed by atoms with van der Waals surface area (Å²) in [4.78, 5) is 54.1. The fourth-order valence-corrected chi connectivity index (χ4v) is 7.62. The van der Waals surface area contributed by atoms with Crippen LogP contribution in [0.15, 0.2) is 91.4 Å². The molecule has 3 heterocycles. The molecular weight excluding hydrogens is 784 g/mol. The van der Waals surface area contributed by atoms with E-state index < -0.39 is 17.2 Å². The molecule has 60 heavy (non-hydrogen) atoms. The molecule has 14 nitrogen and oxygen atoms in total. The van der Waals surface area contributed by atoms with Gasteiger partial charge in [0, 0.05) is 56.4 Å². The third-order valence-electron chi connectivity index (χ3n) is 10.5. The van der Waals surface area contributed by atoms with Crippen molar-refractivity contribution in [2.75, 3.05) is 57.4 Å². The number of aromatic nitrogens is 3. The Labute approximate surface area is 356 Å². The predicted octanol–water partition coefficient (Wildman–Crippen LogP) is 7.02. The second-order valence-corrected chi connectivity index (χ2v) is 16.2. The van der Waals surface area contributed by atoms with Gasteiger partial charge < -0.3 is 45.4 Å². The molecule has 2 aliphatic rings. The molecular formula is C45H55ClN8O6. The number of piperidine rings is 1. The number of H-pyrrole nitrogens is 1. The molecule has 1 fully saturated rings. The molecule has 0 saturated carbocycles. The highest BCUT2D eigenvalue weighted by Gasteiger charge is 2.44. The number of fused-ring (bicyclic) bond motifs is 4. The van der Waals surface area contributed by atoms with Crippen LogP contribution in [-0.4, -0.2) is 102 Å². The lowest BCUT2D eigenvalue weighted by Crippen LogP contribution is -2.63. The van der Waals surface area contributed by atoms with Gasteiger partial charge in [0.25, 0.3) is 0 Å². The molecule has 3 amide bonds. The number of halogens is 1. The average molecular weight is 839 g/mol. The average Bonchev–Trinajstić information content (AvgIpc) is 3.85. The van der Waals surface area contributed by atoms with E-state index in [1.807, 2.05) is 55.6 Å². The Morgan fingerprint density at radius 3 is 2.25 bits per heavy atom. The normalized spacial score (nSPS) is 14.3. The van der Waals surface area contributed by atoms with Crippen LogP contribution in [0.25, 0.3) is 22.2 Å². The number of nitrogens with zero attached hydrogens (tertiary/aromatic N) is 4. The number of nitrogens with two attached hydrogens (primary N) is 1. The van der Waals surface area contributed by atoms with Crippen LogP contribution in [0.3, 0.4) is 0 Å². The summed E-state index contributed by atoms with van der Waals surface area (Å²) in [7, 11) is 0. The molecule has 0 atom stereocenters. The lowest BCUT2D eigenvalue weighted by atomic mass is 9.86. The smallest absolute Gasteiger partial charge is 0.409 e. The number of hydrogen-bond acceptors (Lipinski definition) is 10. The molecule has 3 aromatic carbocycles. The molecule has 0 unspecified atom stereocenters. The maximum absolute atomic E-state index is 13.4. The number of ether oxygens (including phenoxy) is 3. The van der Waals surface area contributed by atoms with Crippen molar-refractivity contribution in [3.8, 4) is 11.1 Å². The zero-order valence-electron chi connectivity index (χ0n) is 34.7. The van der Waals surface area contributed by atoms with Crippen LogP contribution >= 0.6 is 11.6 Å². The van der Waals surface area contributed by atoms with Gasteiger partial charge in [-0.3, -0.25) is 4.79 Å². The second kappa shape index (κ2) is 20.0. The second-order valence-electron chi connectivity index (χ2n) is 15.7. The quantitative estimate of drug-likeness (QED) is 0.0902. The van der Waals surface area contributed by atoms with Crippen LogP contribution in [0.4, 0.5) is 15.4 Å². The van der Waals surface area contributed by atoms with Gasteiger partial charge in [0.1, 0.15) is 35.5 Å². The number of carbonyl (C=O) groups excluding carboxylic acids is 3. The summed E-state index contributed by atoms with van der Waals surface area (Å²) in [5.74, 6) is 0.639. The van der Waals surface area contributed by atoms with Crippen molar-refractivity contribution in [2.24, 2.45) is 5.73 Å². The third-order valence-corrected chi connectivity index (χ3v) is 10.8. The molecule has 318 valence electrons. The van der Waals surface area contributed by atoms with Crippen molar-refractivity contribution in [1.82, 2.24) is 30.5 Å². The minimum atomic E-state index is -1.10. The number of hydrogen-bond donors (Lipinski definition) is 4. The number of rotatable bonds is 13. The summed E-state index contributed by atoms with van der Waals surface area (Å²) in [6, 6.07) is 25.9. The first-order valence-corrected chi connectivity index (χ1v) is 20.7. The number of anilines is 1. The van der Waals surface area contributed by atoms with E-state index in [1.165, 1.54) is 28.6 Å². The molecule has 0 spiro atoms. The van der Waals surface area contributed by atoms with Gasteiger partial charge in [-0.25, -0.2) is 19.6 Å². The Bertz CT molecular complexity index is 2170. The fraction of sp³-hybridized carbons (Fsp3) is 0.400. The number of likely N-dealkylation sites (N-methyl/N-ethyl adjacent to an activating group) is 1. The van der Waals surface area contributed by atoms with E-state index in [2.05, 4.69) is 54.8 Å². The first-order chi connectivity index (χ1) is 28.9. The standard InChI is InChI=1S/C24H29ClN6O3.C21H26N2O3/c1-23(2,3)34-22(33)30-24(21(32)27-14-16-4-6-17(25)7-5-16)9-12-31(13-10-24)20-18-8-11-26-19(18)28-15-29-20;1-2-23(12-14-25-13-11-22)21(24)26-15-20-18-9-5-3-7-16(18)17-8-4-6-10-19(17)20/h4-8,11,15H,9-10,12-14H2,1-3H3,(H,27,32)(H,30,33)(H,26,28,29);3-10,20H,2,11-15,22H2,1H3. The summed E-state index contributed by atoms with van der Waals surface area (Å²) < 4.78 is 16.5. The van der Waals surface area contributed by atoms with E-state index in [0.29, 0.717) is 77.0 Å². The molecule has 2 aromatic heterocycles. The molecule has 1 aliphatic carbocycles. The number of aromatic amines is 1. The maximum atomic E-state index is 13.4. The molecule has 1 aliphatic heterocycles. The van der Waals surface area contributed by atoms with E-state index in [4.69, 9.17) is 31.5 Å². The van der Waals surface area contributed by atoms with Crippen LogP contribution < -0.4 is 21.3 Å². The van der Waals surface area contributed by atoms with Gasteiger partial charge in [0.05, 0.1) is 18.6 Å². The highest BCUT2D eigenvalue weighted by Crippen LogP contribution is 2.44. The summed E-state index contributed by atoms with van der Waals surface area (Å²) in [5.41, 5.74) is 10.2. The highest BCUT2D eigenvalue weighted by atomic mass is 35.5. The summed E-state index contributed by atoms with van der Waals surface area (Å²) in [6.45, 7) is 11.6. The fourth-order valence-electron chi connectivity index (χ4n) is 7.50. The van der Waals surface area contributed by atoms with Gasteiger partial charge in [0.15, 0.2) is 0 Å². The van der Waals surface area contributed by atoms with Crippen LogP contribution in [0.5, 0.6) is 0 Å². The Balaban J connectivity index is 0.000000209. The van der Waals surface area contributed by atoms with Gasteiger partial charge >= 0.3 is 12.2 Å². The zero-order valence-corrected chi connectivity index (χ0v) is 35.5. The molecule has 0 radical (unpaired) electrons. The summed E-state index contributed by atoms with van der Waals surface area (Å²) >= 11 is 5.96. The monoisotopic (exact) mass is 838 g/mol. The van der Waals surface area contributed by atoms with Crippen molar-refractivity contribution >= 4 is 46.5 Å². The summed E-state index contributed by atoms with van der Waals surface area (Å²) in [6.07, 6.45) is 3.23. The van der Waals surface area contributed by atoms with Crippen LogP contribution in [0.2, 0.25) is 5.02 Å². The van der Waals surface area contributed by atoms with Crippen molar-refractivity contribution < 1.29 is 28.6 Å². The Hall–Kier alpha value is -5.70. The number of amides is 3. The van der Waals surface area contributed by atoms with E-state index in [1.54, 1.807) is 37.8 Å². The first kappa shape index (κ1) is 43.9. The highest BCUT2D eigenvalue weighted by molar-refractivity contribution is 6.30. The van der Waals surface area contributed by atoms with E-state index in [-0.39, 0.29) is 17.9 Å². The Kier molecular flexibility index (Phi) is 14.6. The van der Waals surface area contributed by atoms with Crippen LogP contribution in [0.1, 0.15) is 63.1 Å². The first-order valence-electron chi connectivity index (χ1n) is 20.4. The van der Waals surface area contributed by atoms with Crippen molar-refractivity contribution in [3.63, 3.8) is 0 Å². The number of benzene rings is 3. The Morgan fingerprint density at radius 2 is 1.62 bits per heavy atom. The minimum absolute atomic E-state index is 0.0820. The maximum Gasteiger partial charge on any atom is 0.409 e. The number of alkyl carbamates (subject to hydrolysis) is 1. The van der Waals surface area contributed by atoms with E-state index >= 15 is 0 Å². The largest absolute Gasteiger partial charge is 0.448 e. The van der Waals surface area contributed by atoms with Gasteiger partial charge in [-0.2, -0.15) is 0 Å². The molecule has 7 rings (SSSR count).